The van der Waals surface area contributed by atoms with Crippen molar-refractivity contribution in [2.75, 3.05) is 41.3 Å². The monoisotopic (exact) mass is 634 g/mol. The van der Waals surface area contributed by atoms with Crippen molar-refractivity contribution in [2.45, 2.75) is 87.1 Å². The number of hydrogen-bond acceptors (Lipinski definition) is 6. The standard InChI is InChI=1S/2C16H22F3NO2/c2*1-20(2)11-15(10-4-3-5-14(15)21)12-6-8-13(9-7-12)22-16(17,18)19/h2*6-9,14,21H,3-5,10-11H2,1-2H3/t2*14-,15+/m10/s1. The second kappa shape index (κ2) is 14.7. The van der Waals surface area contributed by atoms with Crippen LogP contribution in [0.3, 0.4) is 0 Å². The van der Waals surface area contributed by atoms with Crippen LogP contribution in [-0.4, -0.2) is 86.2 Å². The minimum Gasteiger partial charge on any atom is -0.406 e. The minimum atomic E-state index is -4.69. The number of alkyl halides is 6. The summed E-state index contributed by atoms with van der Waals surface area (Å²) in [5, 5.41) is 21.1. The van der Waals surface area contributed by atoms with Gasteiger partial charge in [0, 0.05) is 23.9 Å². The molecule has 2 fully saturated rings. The molecule has 2 aromatic carbocycles. The van der Waals surface area contributed by atoms with Crippen molar-refractivity contribution in [1.29, 1.82) is 0 Å². The van der Waals surface area contributed by atoms with Crippen molar-refractivity contribution in [3.63, 3.8) is 0 Å². The van der Waals surface area contributed by atoms with Crippen LogP contribution in [0.2, 0.25) is 0 Å². The van der Waals surface area contributed by atoms with Crippen LogP contribution in [0.1, 0.15) is 62.5 Å². The maximum Gasteiger partial charge on any atom is 0.573 e. The third kappa shape index (κ3) is 9.73. The zero-order valence-corrected chi connectivity index (χ0v) is 25.7. The Bertz CT molecular complexity index is 1070. The van der Waals surface area contributed by atoms with Gasteiger partial charge in [0.15, 0.2) is 0 Å². The first-order valence-electron chi connectivity index (χ1n) is 14.8. The Morgan fingerprint density at radius 2 is 0.932 bits per heavy atom. The van der Waals surface area contributed by atoms with Crippen LogP contribution < -0.4 is 9.47 Å². The number of benzene rings is 2. The molecule has 2 aliphatic rings. The lowest BCUT2D eigenvalue weighted by atomic mass is 9.67. The van der Waals surface area contributed by atoms with E-state index in [-0.39, 0.29) is 11.5 Å². The molecule has 0 bridgehead atoms. The molecule has 0 heterocycles. The summed E-state index contributed by atoms with van der Waals surface area (Å²) >= 11 is 0. The number of nitrogens with zero attached hydrogens (tertiary/aromatic N) is 2. The number of likely N-dealkylation sites (N-methyl/N-ethyl adjacent to an activating group) is 2. The van der Waals surface area contributed by atoms with Crippen molar-refractivity contribution < 1.29 is 46.0 Å². The van der Waals surface area contributed by atoms with Crippen molar-refractivity contribution in [3.05, 3.63) is 59.7 Å². The lowest BCUT2D eigenvalue weighted by Crippen LogP contribution is -2.49. The molecule has 0 amide bonds. The summed E-state index contributed by atoms with van der Waals surface area (Å²) in [4.78, 5) is 4.02. The van der Waals surface area contributed by atoms with E-state index in [4.69, 9.17) is 0 Å². The highest BCUT2D eigenvalue weighted by Crippen LogP contribution is 2.42. The molecule has 0 unspecified atom stereocenters. The molecular formula is C32H44F6N2O4. The van der Waals surface area contributed by atoms with Gasteiger partial charge < -0.3 is 29.5 Å². The molecule has 4 rings (SSSR count). The van der Waals surface area contributed by atoms with Gasteiger partial charge in [0.05, 0.1) is 12.2 Å². The average molecular weight is 635 g/mol. The van der Waals surface area contributed by atoms with E-state index in [2.05, 4.69) is 9.47 Å². The summed E-state index contributed by atoms with van der Waals surface area (Å²) in [5.41, 5.74) is 0.864. The molecule has 0 saturated heterocycles. The van der Waals surface area contributed by atoms with Crippen molar-refractivity contribution >= 4 is 0 Å². The normalized spacial score (nSPS) is 26.2. The number of rotatable bonds is 8. The van der Waals surface area contributed by atoms with Gasteiger partial charge in [-0.05, 0) is 89.3 Å². The predicted octanol–water partition coefficient (Wildman–Crippen LogP) is 6.64. The molecule has 0 aromatic heterocycles. The number of halogens is 6. The van der Waals surface area contributed by atoms with Gasteiger partial charge in [0.25, 0.3) is 0 Å². The summed E-state index contributed by atoms with van der Waals surface area (Å²) < 4.78 is 81.2. The lowest BCUT2D eigenvalue weighted by Gasteiger charge is -2.43. The summed E-state index contributed by atoms with van der Waals surface area (Å²) in [6, 6.07) is 11.8. The van der Waals surface area contributed by atoms with E-state index in [1.54, 1.807) is 24.3 Å². The first-order valence-corrected chi connectivity index (χ1v) is 14.8. The number of aliphatic hydroxyl groups is 2. The molecule has 0 radical (unpaired) electrons. The summed E-state index contributed by atoms with van der Waals surface area (Å²) in [6.45, 7) is 1.32. The topological polar surface area (TPSA) is 65.4 Å². The molecule has 248 valence electrons. The molecule has 44 heavy (non-hydrogen) atoms. The molecule has 6 nitrogen and oxygen atoms in total. The smallest absolute Gasteiger partial charge is 0.406 e. The fourth-order valence-electron chi connectivity index (χ4n) is 6.77. The Labute approximate surface area is 255 Å². The van der Waals surface area contributed by atoms with Gasteiger partial charge in [0.1, 0.15) is 11.5 Å². The van der Waals surface area contributed by atoms with E-state index in [1.165, 1.54) is 24.3 Å². The molecule has 12 heteroatoms. The Hall–Kier alpha value is -2.54. The molecule has 2 aliphatic carbocycles. The second-order valence-electron chi connectivity index (χ2n) is 12.5. The van der Waals surface area contributed by atoms with Crippen LogP contribution in [0, 0.1) is 0 Å². The van der Waals surface area contributed by atoms with Gasteiger partial charge in [-0.2, -0.15) is 0 Å². The summed E-state index contributed by atoms with van der Waals surface area (Å²) in [5.74, 6) is -0.469. The lowest BCUT2D eigenvalue weighted by molar-refractivity contribution is -0.275. The SMILES string of the molecule is CN(C)C[C@@]1(c2ccc(OC(F)(F)F)cc2)CCCC[C@@H]1O.CN(C)C[C@]1(c2ccc(OC(F)(F)F)cc2)CCCC[C@H]1O. The number of aliphatic hydroxyl groups excluding tert-OH is 2. The maximum absolute atomic E-state index is 12.2. The van der Waals surface area contributed by atoms with E-state index in [1.807, 2.05) is 38.0 Å². The van der Waals surface area contributed by atoms with Gasteiger partial charge in [-0.1, -0.05) is 49.9 Å². The van der Waals surface area contributed by atoms with Crippen LogP contribution in [0.15, 0.2) is 48.5 Å². The van der Waals surface area contributed by atoms with Crippen LogP contribution in [0.4, 0.5) is 26.3 Å². The molecule has 2 aromatic rings. The van der Waals surface area contributed by atoms with Gasteiger partial charge in [0.2, 0.25) is 0 Å². The Morgan fingerprint density at radius 3 is 1.18 bits per heavy atom. The highest BCUT2D eigenvalue weighted by molar-refractivity contribution is 5.36. The van der Waals surface area contributed by atoms with E-state index in [9.17, 15) is 36.6 Å². The highest BCUT2D eigenvalue weighted by atomic mass is 19.4. The van der Waals surface area contributed by atoms with Gasteiger partial charge in [-0.3, -0.25) is 0 Å². The first kappa shape index (κ1) is 35.9. The molecule has 4 atom stereocenters. The third-order valence-corrected chi connectivity index (χ3v) is 8.50. The Morgan fingerprint density at radius 1 is 0.614 bits per heavy atom. The van der Waals surface area contributed by atoms with Crippen LogP contribution in [0.5, 0.6) is 11.5 Å². The molecule has 0 spiro atoms. The van der Waals surface area contributed by atoms with Crippen LogP contribution in [-0.2, 0) is 10.8 Å². The van der Waals surface area contributed by atoms with Crippen LogP contribution in [0.25, 0.3) is 0 Å². The van der Waals surface area contributed by atoms with E-state index < -0.39 is 35.8 Å². The fraction of sp³-hybridized carbons (Fsp3) is 0.625. The zero-order chi connectivity index (χ0) is 32.8. The Kier molecular flexibility index (Phi) is 12.0. The second-order valence-corrected chi connectivity index (χ2v) is 12.5. The van der Waals surface area contributed by atoms with E-state index >= 15 is 0 Å². The summed E-state index contributed by atoms with van der Waals surface area (Å²) in [7, 11) is 7.74. The average Bonchev–Trinajstić information content (AvgIpc) is 2.90. The van der Waals surface area contributed by atoms with Crippen LogP contribution >= 0.6 is 0 Å². The minimum absolute atomic E-state index is 0.235. The largest absolute Gasteiger partial charge is 0.573 e. The van der Waals surface area contributed by atoms with Gasteiger partial charge in [-0.25, -0.2) is 0 Å². The molecular weight excluding hydrogens is 590 g/mol. The van der Waals surface area contributed by atoms with Gasteiger partial charge in [-0.15, -0.1) is 26.3 Å². The maximum atomic E-state index is 12.2. The van der Waals surface area contributed by atoms with Crippen molar-refractivity contribution in [3.8, 4) is 11.5 Å². The molecule has 0 aliphatic heterocycles. The number of hydrogen-bond donors (Lipinski definition) is 2. The zero-order valence-electron chi connectivity index (χ0n) is 25.7. The van der Waals surface area contributed by atoms with Crippen molar-refractivity contribution in [2.24, 2.45) is 0 Å². The van der Waals surface area contributed by atoms with E-state index in [0.29, 0.717) is 25.9 Å². The molecule has 2 N–H and O–H groups in total. The third-order valence-electron chi connectivity index (χ3n) is 8.50. The van der Waals surface area contributed by atoms with Crippen molar-refractivity contribution in [1.82, 2.24) is 9.80 Å². The van der Waals surface area contributed by atoms with E-state index in [0.717, 1.165) is 49.7 Å². The quantitative estimate of drug-likeness (QED) is 0.318. The fourth-order valence-corrected chi connectivity index (χ4v) is 6.77. The van der Waals surface area contributed by atoms with Gasteiger partial charge >= 0.3 is 12.7 Å². The predicted molar refractivity (Wildman–Crippen MR) is 156 cm³/mol. The summed E-state index contributed by atoms with van der Waals surface area (Å²) in [6.07, 6.45) is -3.30. The molecule has 2 saturated carbocycles. The highest BCUT2D eigenvalue weighted by Gasteiger charge is 2.43. The Balaban J connectivity index is 0.000000240. The first-order chi connectivity index (χ1) is 20.5. The number of ether oxygens (including phenoxy) is 2.